The minimum absolute atomic E-state index is 0.0431. The summed E-state index contributed by atoms with van der Waals surface area (Å²) in [5.74, 6) is -0.467. The quantitative estimate of drug-likeness (QED) is 0.699. The molecule has 0 saturated carbocycles. The molecule has 1 amide bonds. The van der Waals surface area contributed by atoms with Gasteiger partial charge in [0, 0.05) is 10.0 Å². The smallest absolute Gasteiger partial charge is 0.328 e. The molecule has 2 atom stereocenters. The van der Waals surface area contributed by atoms with E-state index >= 15 is 0 Å². The summed E-state index contributed by atoms with van der Waals surface area (Å²) in [5.41, 5.74) is 0.793. The van der Waals surface area contributed by atoms with Crippen LogP contribution in [0.25, 0.3) is 11.4 Å². The number of benzene rings is 1. The van der Waals surface area contributed by atoms with Crippen molar-refractivity contribution in [3.63, 3.8) is 0 Å². The monoisotopic (exact) mass is 409 g/mol. The van der Waals surface area contributed by atoms with Gasteiger partial charge in [-0.2, -0.15) is 4.80 Å². The van der Waals surface area contributed by atoms with Gasteiger partial charge >= 0.3 is 5.97 Å². The molecule has 0 bridgehead atoms. The summed E-state index contributed by atoms with van der Waals surface area (Å²) in [6, 6.07) is 6.74. The molecule has 134 valence electrons. The van der Waals surface area contributed by atoms with Crippen molar-refractivity contribution < 1.29 is 14.3 Å². The van der Waals surface area contributed by atoms with E-state index < -0.39 is 12.0 Å². The van der Waals surface area contributed by atoms with E-state index in [1.807, 2.05) is 38.1 Å². The Morgan fingerprint density at radius 1 is 1.32 bits per heavy atom. The van der Waals surface area contributed by atoms with E-state index in [9.17, 15) is 9.59 Å². The standard InChI is InChI=1S/C16H20BrN5O3/c1-4-10(2)14(16(24)25-3)18-13(23)9-22-20-15(19-21-22)11-5-7-12(17)8-6-11/h5-8,10,14H,4,9H2,1-3H3,(H,18,23)/t10-,14-/m0/s1. The summed E-state index contributed by atoms with van der Waals surface area (Å²) in [6.45, 7) is 3.69. The van der Waals surface area contributed by atoms with E-state index in [1.54, 1.807) is 0 Å². The molecule has 0 aliphatic carbocycles. The summed E-state index contributed by atoms with van der Waals surface area (Å²) in [6.07, 6.45) is 0.731. The van der Waals surface area contributed by atoms with Crippen molar-refractivity contribution >= 4 is 27.8 Å². The maximum Gasteiger partial charge on any atom is 0.328 e. The van der Waals surface area contributed by atoms with Gasteiger partial charge in [0.1, 0.15) is 12.6 Å². The van der Waals surface area contributed by atoms with Gasteiger partial charge in [0.05, 0.1) is 7.11 Å². The summed E-state index contributed by atoms with van der Waals surface area (Å²) < 4.78 is 5.70. The first-order valence-corrected chi connectivity index (χ1v) is 8.64. The topological polar surface area (TPSA) is 99.0 Å². The highest BCUT2D eigenvalue weighted by Crippen LogP contribution is 2.17. The minimum Gasteiger partial charge on any atom is -0.467 e. The van der Waals surface area contributed by atoms with E-state index in [-0.39, 0.29) is 18.4 Å². The molecule has 25 heavy (non-hydrogen) atoms. The van der Waals surface area contributed by atoms with E-state index in [0.717, 1.165) is 16.5 Å². The van der Waals surface area contributed by atoms with Crippen molar-refractivity contribution in [3.05, 3.63) is 28.7 Å². The molecule has 0 radical (unpaired) electrons. The summed E-state index contributed by atoms with van der Waals surface area (Å²) in [7, 11) is 1.30. The molecule has 8 nitrogen and oxygen atoms in total. The van der Waals surface area contributed by atoms with Gasteiger partial charge in [-0.25, -0.2) is 4.79 Å². The summed E-state index contributed by atoms with van der Waals surface area (Å²) in [5, 5.41) is 14.7. The van der Waals surface area contributed by atoms with Crippen molar-refractivity contribution in [1.82, 2.24) is 25.5 Å². The molecule has 1 aromatic heterocycles. The van der Waals surface area contributed by atoms with Crippen molar-refractivity contribution in [1.29, 1.82) is 0 Å². The van der Waals surface area contributed by atoms with Crippen molar-refractivity contribution in [2.24, 2.45) is 5.92 Å². The molecular weight excluding hydrogens is 390 g/mol. The fourth-order valence-electron chi connectivity index (χ4n) is 2.17. The van der Waals surface area contributed by atoms with Crippen LogP contribution in [0.5, 0.6) is 0 Å². The van der Waals surface area contributed by atoms with Crippen LogP contribution in [0.1, 0.15) is 20.3 Å². The van der Waals surface area contributed by atoms with Gasteiger partial charge in [-0.15, -0.1) is 10.2 Å². The summed E-state index contributed by atoms with van der Waals surface area (Å²) in [4.78, 5) is 25.2. The normalized spacial score (nSPS) is 13.1. The first kappa shape index (κ1) is 19.0. The lowest BCUT2D eigenvalue weighted by Gasteiger charge is -2.21. The maximum absolute atomic E-state index is 12.2. The van der Waals surface area contributed by atoms with Crippen LogP contribution in [0.2, 0.25) is 0 Å². The Kier molecular flexibility index (Phi) is 6.63. The summed E-state index contributed by atoms with van der Waals surface area (Å²) >= 11 is 3.36. The zero-order valence-electron chi connectivity index (χ0n) is 14.3. The Bertz CT molecular complexity index is 732. The van der Waals surface area contributed by atoms with Gasteiger partial charge in [-0.1, -0.05) is 36.2 Å². The zero-order chi connectivity index (χ0) is 18.4. The Balaban J connectivity index is 2.03. The highest BCUT2D eigenvalue weighted by atomic mass is 79.9. The van der Waals surface area contributed by atoms with E-state index in [2.05, 4.69) is 36.7 Å². The number of tetrazole rings is 1. The van der Waals surface area contributed by atoms with Crippen LogP contribution in [0.3, 0.4) is 0 Å². The predicted octanol–water partition coefficient (Wildman–Crippen LogP) is 1.81. The lowest BCUT2D eigenvalue weighted by molar-refractivity contribution is -0.146. The Labute approximate surface area is 154 Å². The molecule has 2 rings (SSSR count). The first-order chi connectivity index (χ1) is 11.9. The Morgan fingerprint density at radius 3 is 2.60 bits per heavy atom. The number of hydrogen-bond acceptors (Lipinski definition) is 6. The molecule has 0 fully saturated rings. The lowest BCUT2D eigenvalue weighted by Crippen LogP contribution is -2.46. The molecule has 0 aliphatic rings. The minimum atomic E-state index is -0.697. The second kappa shape index (κ2) is 8.70. The number of carbonyl (C=O) groups excluding carboxylic acids is 2. The van der Waals surface area contributed by atoms with Crippen molar-refractivity contribution in [2.75, 3.05) is 7.11 Å². The molecule has 0 saturated heterocycles. The number of carbonyl (C=O) groups is 2. The van der Waals surface area contributed by atoms with Crippen molar-refractivity contribution in [3.8, 4) is 11.4 Å². The Hall–Kier alpha value is -2.29. The molecule has 9 heteroatoms. The average Bonchev–Trinajstić information content (AvgIpc) is 3.07. The number of aromatic nitrogens is 4. The van der Waals surface area contributed by atoms with Crippen LogP contribution < -0.4 is 5.32 Å². The van der Waals surface area contributed by atoms with Gasteiger partial charge in [-0.3, -0.25) is 4.79 Å². The molecule has 0 aliphatic heterocycles. The molecule has 0 unspecified atom stereocenters. The second-order valence-electron chi connectivity index (χ2n) is 5.60. The Morgan fingerprint density at radius 2 is 2.00 bits per heavy atom. The molecule has 1 N–H and O–H groups in total. The van der Waals surface area contributed by atoms with Crippen molar-refractivity contribution in [2.45, 2.75) is 32.9 Å². The molecular formula is C16H20BrN5O3. The van der Waals surface area contributed by atoms with Crippen LogP contribution in [-0.2, 0) is 20.9 Å². The van der Waals surface area contributed by atoms with Crippen LogP contribution in [0.15, 0.2) is 28.7 Å². The number of ether oxygens (including phenoxy) is 1. The average molecular weight is 410 g/mol. The SMILES string of the molecule is CC[C@H](C)[C@H](NC(=O)Cn1nnc(-c2ccc(Br)cc2)n1)C(=O)OC. The molecule has 2 aromatic rings. The van der Waals surface area contributed by atoms with Crippen LogP contribution in [-0.4, -0.2) is 45.2 Å². The fourth-order valence-corrected chi connectivity index (χ4v) is 2.43. The maximum atomic E-state index is 12.2. The third-order valence-corrected chi connectivity index (χ3v) is 4.35. The van der Waals surface area contributed by atoms with Crippen LogP contribution in [0, 0.1) is 5.92 Å². The third-order valence-electron chi connectivity index (χ3n) is 3.82. The number of halogens is 1. The van der Waals surface area contributed by atoms with Gasteiger partial charge in [0.15, 0.2) is 0 Å². The third kappa shape index (κ3) is 5.09. The highest BCUT2D eigenvalue weighted by molar-refractivity contribution is 9.10. The number of nitrogens with one attached hydrogen (secondary N) is 1. The molecule has 0 spiro atoms. The number of methoxy groups -OCH3 is 1. The second-order valence-corrected chi connectivity index (χ2v) is 6.52. The first-order valence-electron chi connectivity index (χ1n) is 7.85. The van der Waals surface area contributed by atoms with Gasteiger partial charge in [0.2, 0.25) is 11.7 Å². The number of nitrogens with zero attached hydrogens (tertiary/aromatic N) is 4. The van der Waals surface area contributed by atoms with Gasteiger partial charge in [-0.05, 0) is 35.4 Å². The van der Waals surface area contributed by atoms with E-state index in [0.29, 0.717) is 5.82 Å². The number of amides is 1. The van der Waals surface area contributed by atoms with E-state index in [1.165, 1.54) is 11.9 Å². The molecule has 1 heterocycles. The van der Waals surface area contributed by atoms with Gasteiger partial charge < -0.3 is 10.1 Å². The van der Waals surface area contributed by atoms with Crippen LogP contribution in [0.4, 0.5) is 0 Å². The fraction of sp³-hybridized carbons (Fsp3) is 0.438. The number of hydrogen-bond donors (Lipinski definition) is 1. The molecule has 1 aromatic carbocycles. The zero-order valence-corrected chi connectivity index (χ0v) is 15.9. The van der Waals surface area contributed by atoms with Crippen LogP contribution >= 0.6 is 15.9 Å². The number of rotatable bonds is 7. The predicted molar refractivity (Wildman–Crippen MR) is 94.4 cm³/mol. The highest BCUT2D eigenvalue weighted by Gasteiger charge is 2.26. The number of esters is 1. The van der Waals surface area contributed by atoms with E-state index in [4.69, 9.17) is 4.74 Å². The van der Waals surface area contributed by atoms with Gasteiger partial charge in [0.25, 0.3) is 0 Å². The lowest BCUT2D eigenvalue weighted by atomic mass is 9.99. The largest absolute Gasteiger partial charge is 0.467 e.